The lowest BCUT2D eigenvalue weighted by Gasteiger charge is -2.10. The van der Waals surface area contributed by atoms with Gasteiger partial charge in [0.05, 0.1) is 6.61 Å². The molecule has 1 N–H and O–H groups in total. The van der Waals surface area contributed by atoms with Crippen LogP contribution >= 0.6 is 15.9 Å². The third kappa shape index (κ3) is 5.85. The van der Waals surface area contributed by atoms with E-state index in [1.54, 1.807) is 0 Å². The van der Waals surface area contributed by atoms with Crippen LogP contribution in [0.4, 0.5) is 0 Å². The van der Waals surface area contributed by atoms with Crippen LogP contribution in [-0.2, 0) is 11.3 Å². The van der Waals surface area contributed by atoms with Crippen molar-refractivity contribution in [3.8, 4) is 5.75 Å². The molecule has 0 aromatic heterocycles. The number of rotatable bonds is 9. The summed E-state index contributed by atoms with van der Waals surface area (Å²) in [5.41, 5.74) is 1.20. The Kier molecular flexibility index (Phi) is 8.05. The van der Waals surface area contributed by atoms with Crippen LogP contribution < -0.4 is 10.1 Å². The van der Waals surface area contributed by atoms with Crippen molar-refractivity contribution in [3.63, 3.8) is 0 Å². The largest absolute Gasteiger partial charge is 0.491 e. The highest BCUT2D eigenvalue weighted by Crippen LogP contribution is 2.22. The van der Waals surface area contributed by atoms with E-state index in [2.05, 4.69) is 28.2 Å². The van der Waals surface area contributed by atoms with Crippen molar-refractivity contribution < 1.29 is 9.47 Å². The zero-order valence-electron chi connectivity index (χ0n) is 11.2. The summed E-state index contributed by atoms with van der Waals surface area (Å²) in [6.45, 7) is 5.06. The number of hydrogen-bond acceptors (Lipinski definition) is 3. The van der Waals surface area contributed by atoms with Crippen molar-refractivity contribution in [2.45, 2.75) is 26.3 Å². The highest BCUT2D eigenvalue weighted by Gasteiger charge is 2.01. The summed E-state index contributed by atoms with van der Waals surface area (Å²) < 4.78 is 12.2. The second kappa shape index (κ2) is 9.36. The molecule has 0 aliphatic rings. The Hall–Kier alpha value is -0.580. The standard InChI is InChI=1S/C14H22BrNO2/c1-3-4-7-17-8-9-18-13-5-6-14(15)12(10-13)11-16-2/h5-6,10,16H,3-4,7-9,11H2,1-2H3. The van der Waals surface area contributed by atoms with Gasteiger partial charge in [-0.15, -0.1) is 0 Å². The van der Waals surface area contributed by atoms with Crippen LogP contribution in [0.15, 0.2) is 22.7 Å². The molecule has 0 atom stereocenters. The first kappa shape index (κ1) is 15.5. The number of nitrogens with one attached hydrogen (secondary N) is 1. The van der Waals surface area contributed by atoms with Gasteiger partial charge in [-0.05, 0) is 37.2 Å². The first-order valence-electron chi connectivity index (χ1n) is 6.41. The summed E-state index contributed by atoms with van der Waals surface area (Å²) in [6.07, 6.45) is 2.28. The second-order valence-electron chi connectivity index (χ2n) is 4.10. The van der Waals surface area contributed by atoms with E-state index in [4.69, 9.17) is 9.47 Å². The summed E-state index contributed by atoms with van der Waals surface area (Å²) in [5, 5.41) is 3.13. The summed E-state index contributed by atoms with van der Waals surface area (Å²) in [5.74, 6) is 0.891. The number of halogens is 1. The van der Waals surface area contributed by atoms with Crippen LogP contribution in [0.3, 0.4) is 0 Å². The van der Waals surface area contributed by atoms with Crippen LogP contribution in [0.5, 0.6) is 5.75 Å². The summed E-state index contributed by atoms with van der Waals surface area (Å²) in [6, 6.07) is 6.03. The monoisotopic (exact) mass is 315 g/mol. The van der Waals surface area contributed by atoms with E-state index in [-0.39, 0.29) is 0 Å². The number of unbranched alkanes of at least 4 members (excludes halogenated alkanes) is 1. The number of benzene rings is 1. The molecule has 1 aromatic rings. The van der Waals surface area contributed by atoms with E-state index >= 15 is 0 Å². The van der Waals surface area contributed by atoms with E-state index in [1.165, 1.54) is 12.0 Å². The van der Waals surface area contributed by atoms with Gasteiger partial charge in [0.1, 0.15) is 12.4 Å². The highest BCUT2D eigenvalue weighted by molar-refractivity contribution is 9.10. The maximum atomic E-state index is 5.65. The summed E-state index contributed by atoms with van der Waals surface area (Å²) in [4.78, 5) is 0. The van der Waals surface area contributed by atoms with E-state index in [9.17, 15) is 0 Å². The summed E-state index contributed by atoms with van der Waals surface area (Å²) in [7, 11) is 1.93. The first-order valence-corrected chi connectivity index (χ1v) is 7.20. The molecule has 3 nitrogen and oxygen atoms in total. The molecule has 1 rings (SSSR count). The minimum Gasteiger partial charge on any atom is -0.491 e. The van der Waals surface area contributed by atoms with Gasteiger partial charge in [0.15, 0.2) is 0 Å². The van der Waals surface area contributed by atoms with Gasteiger partial charge in [0.25, 0.3) is 0 Å². The maximum absolute atomic E-state index is 5.65. The molecular weight excluding hydrogens is 294 g/mol. The van der Waals surface area contributed by atoms with Crippen LogP contribution in [0.2, 0.25) is 0 Å². The molecule has 0 saturated carbocycles. The Morgan fingerprint density at radius 2 is 2.06 bits per heavy atom. The van der Waals surface area contributed by atoms with Crippen molar-refractivity contribution in [2.75, 3.05) is 26.9 Å². The molecule has 0 aliphatic heterocycles. The lowest BCUT2D eigenvalue weighted by Crippen LogP contribution is -2.09. The van der Waals surface area contributed by atoms with Gasteiger partial charge in [-0.25, -0.2) is 0 Å². The van der Waals surface area contributed by atoms with Crippen LogP contribution in [0.25, 0.3) is 0 Å². The quantitative estimate of drug-likeness (QED) is 0.709. The first-order chi connectivity index (χ1) is 8.77. The van der Waals surface area contributed by atoms with Gasteiger partial charge in [-0.1, -0.05) is 29.3 Å². The van der Waals surface area contributed by atoms with Gasteiger partial charge in [-0.3, -0.25) is 0 Å². The summed E-state index contributed by atoms with van der Waals surface area (Å²) >= 11 is 3.52. The molecule has 0 heterocycles. The second-order valence-corrected chi connectivity index (χ2v) is 4.95. The third-order valence-electron chi connectivity index (χ3n) is 2.52. The highest BCUT2D eigenvalue weighted by atomic mass is 79.9. The molecule has 0 spiro atoms. The van der Waals surface area contributed by atoms with Crippen molar-refractivity contribution in [1.82, 2.24) is 5.32 Å². The zero-order chi connectivity index (χ0) is 13.2. The Morgan fingerprint density at radius 1 is 1.22 bits per heavy atom. The fourth-order valence-electron chi connectivity index (χ4n) is 1.53. The van der Waals surface area contributed by atoms with Crippen LogP contribution in [0.1, 0.15) is 25.3 Å². The average molecular weight is 316 g/mol. The molecule has 1 aromatic carbocycles. The minimum atomic E-state index is 0.602. The van der Waals surface area contributed by atoms with Gasteiger partial charge in [-0.2, -0.15) is 0 Å². The Labute approximate surface area is 118 Å². The molecule has 0 amide bonds. The molecule has 102 valence electrons. The molecule has 4 heteroatoms. The molecule has 0 radical (unpaired) electrons. The van der Waals surface area contributed by atoms with E-state index in [1.807, 2.05) is 25.2 Å². The van der Waals surface area contributed by atoms with Gasteiger partial charge < -0.3 is 14.8 Å². The van der Waals surface area contributed by atoms with E-state index in [0.29, 0.717) is 13.2 Å². The predicted molar refractivity (Wildman–Crippen MR) is 78.1 cm³/mol. The third-order valence-corrected chi connectivity index (χ3v) is 3.30. The Bertz CT molecular complexity index is 345. The number of hydrogen-bond donors (Lipinski definition) is 1. The molecule has 0 bridgehead atoms. The molecular formula is C14H22BrNO2. The smallest absolute Gasteiger partial charge is 0.119 e. The molecule has 0 unspecified atom stereocenters. The normalized spacial score (nSPS) is 10.6. The minimum absolute atomic E-state index is 0.602. The predicted octanol–water partition coefficient (Wildman–Crippen LogP) is 3.36. The lowest BCUT2D eigenvalue weighted by atomic mass is 10.2. The number of ether oxygens (including phenoxy) is 2. The zero-order valence-corrected chi connectivity index (χ0v) is 12.8. The van der Waals surface area contributed by atoms with Gasteiger partial charge in [0.2, 0.25) is 0 Å². The van der Waals surface area contributed by atoms with Gasteiger partial charge >= 0.3 is 0 Å². The molecule has 0 aliphatic carbocycles. The molecule has 0 saturated heterocycles. The van der Waals surface area contributed by atoms with Crippen LogP contribution in [-0.4, -0.2) is 26.9 Å². The molecule has 0 fully saturated rings. The van der Waals surface area contributed by atoms with E-state index in [0.717, 1.165) is 29.8 Å². The Morgan fingerprint density at radius 3 is 2.78 bits per heavy atom. The van der Waals surface area contributed by atoms with Crippen molar-refractivity contribution >= 4 is 15.9 Å². The lowest BCUT2D eigenvalue weighted by molar-refractivity contribution is 0.0980. The fraction of sp³-hybridized carbons (Fsp3) is 0.571. The van der Waals surface area contributed by atoms with Gasteiger partial charge in [0, 0.05) is 17.6 Å². The Balaban J connectivity index is 2.31. The maximum Gasteiger partial charge on any atom is 0.119 e. The average Bonchev–Trinajstić information content (AvgIpc) is 2.37. The fourth-order valence-corrected chi connectivity index (χ4v) is 1.92. The molecule has 18 heavy (non-hydrogen) atoms. The van der Waals surface area contributed by atoms with Crippen molar-refractivity contribution in [3.05, 3.63) is 28.2 Å². The topological polar surface area (TPSA) is 30.5 Å². The van der Waals surface area contributed by atoms with Crippen LogP contribution in [0, 0.1) is 0 Å². The van der Waals surface area contributed by atoms with Crippen molar-refractivity contribution in [1.29, 1.82) is 0 Å². The van der Waals surface area contributed by atoms with Crippen molar-refractivity contribution in [2.24, 2.45) is 0 Å². The SMILES string of the molecule is CCCCOCCOc1ccc(Br)c(CNC)c1. The van der Waals surface area contributed by atoms with E-state index < -0.39 is 0 Å².